The molecule has 4 rings (SSSR count). The van der Waals surface area contributed by atoms with Crippen molar-refractivity contribution in [2.45, 2.75) is 43.9 Å². The molecule has 5 nitrogen and oxygen atoms in total. The molecule has 3 aromatic rings. The second-order valence-electron chi connectivity index (χ2n) is 7.39. The van der Waals surface area contributed by atoms with Gasteiger partial charge in [0.1, 0.15) is 5.75 Å². The van der Waals surface area contributed by atoms with Gasteiger partial charge in [0, 0.05) is 25.7 Å². The minimum Gasteiger partial charge on any atom is -0.593 e. The van der Waals surface area contributed by atoms with Crippen LogP contribution in [0.2, 0.25) is 0 Å². The quantitative estimate of drug-likeness (QED) is 0.592. The molecule has 1 aliphatic heterocycles. The number of thiophene rings is 1. The summed E-state index contributed by atoms with van der Waals surface area (Å²) >= 11 is 0.393. The number of likely N-dealkylation sites (tertiary alicyclic amines) is 1. The van der Waals surface area contributed by atoms with Crippen LogP contribution in [0, 0.1) is 0 Å². The van der Waals surface area contributed by atoms with Crippen LogP contribution in [0.4, 0.5) is 0 Å². The molecule has 3 heterocycles. The summed E-state index contributed by atoms with van der Waals surface area (Å²) < 4.78 is 22.7. The van der Waals surface area contributed by atoms with E-state index in [4.69, 9.17) is 4.74 Å². The van der Waals surface area contributed by atoms with E-state index in [0.29, 0.717) is 0 Å². The molecular formula is C21H25N3O2S2. The molecule has 28 heavy (non-hydrogen) atoms. The van der Waals surface area contributed by atoms with Gasteiger partial charge in [0.2, 0.25) is 0 Å². The van der Waals surface area contributed by atoms with Gasteiger partial charge in [-0.15, -0.1) is 16.1 Å². The topological polar surface area (TPSA) is 60.5 Å². The van der Waals surface area contributed by atoms with Crippen molar-refractivity contribution in [1.82, 2.24) is 14.6 Å². The van der Waals surface area contributed by atoms with Gasteiger partial charge in [-0.1, -0.05) is 12.1 Å². The number of nitrogens with one attached hydrogen (secondary N) is 1. The maximum Gasteiger partial charge on any atom is 0.193 e. The van der Waals surface area contributed by atoms with Gasteiger partial charge in [-0.2, -0.15) is 0 Å². The van der Waals surface area contributed by atoms with Crippen LogP contribution in [0.1, 0.15) is 25.8 Å². The Morgan fingerprint density at radius 3 is 2.93 bits per heavy atom. The van der Waals surface area contributed by atoms with E-state index < -0.39 is 11.4 Å². The van der Waals surface area contributed by atoms with E-state index in [1.165, 1.54) is 5.56 Å². The molecule has 0 bridgehead atoms. The number of ether oxygens (including phenoxy) is 1. The zero-order valence-electron chi connectivity index (χ0n) is 16.1. The number of hydrogen-bond acceptors (Lipinski definition) is 6. The highest BCUT2D eigenvalue weighted by Gasteiger charge is 2.27. The largest absolute Gasteiger partial charge is 0.593 e. The molecule has 0 spiro atoms. The fraction of sp³-hybridized carbons (Fsp3) is 0.381. The third-order valence-corrected chi connectivity index (χ3v) is 6.79. The highest BCUT2D eigenvalue weighted by atomic mass is 32.2. The first-order valence-electron chi connectivity index (χ1n) is 9.56. The Hall–Kier alpha value is -1.64. The second-order valence-corrected chi connectivity index (χ2v) is 9.59. The summed E-state index contributed by atoms with van der Waals surface area (Å²) in [5, 5.41) is 2.01. The standard InChI is InChI=1S/C21H25N3O2S2/c1-15(2)26-18-5-3-16(4-6-18)13-24-9-7-17(14-24)23-28(25)19-11-21-20(22-12-19)8-10-27-21/h3-6,8,10-12,15,17,23H,7,9,13-14H2,1-2H3/t17-,28+/m1/s1. The SMILES string of the molecule is CC(C)Oc1ccc(CN2CC[C@@H](N[S@@+]([O-])c3cnc4ccsc4c3)C2)cc1. The van der Waals surface area contributed by atoms with Gasteiger partial charge in [0.05, 0.1) is 39.9 Å². The summed E-state index contributed by atoms with van der Waals surface area (Å²) in [4.78, 5) is 7.53. The minimum absolute atomic E-state index is 0.188. The van der Waals surface area contributed by atoms with Crippen LogP contribution >= 0.6 is 11.3 Å². The van der Waals surface area contributed by atoms with Crippen LogP contribution in [0.15, 0.2) is 52.9 Å². The maximum atomic E-state index is 12.7. The molecular weight excluding hydrogens is 390 g/mol. The Morgan fingerprint density at radius 1 is 1.32 bits per heavy atom. The lowest BCUT2D eigenvalue weighted by Gasteiger charge is -2.18. The van der Waals surface area contributed by atoms with Crippen LogP contribution in [-0.2, 0) is 17.9 Å². The van der Waals surface area contributed by atoms with E-state index in [2.05, 4.69) is 26.7 Å². The molecule has 1 aromatic carbocycles. The van der Waals surface area contributed by atoms with E-state index in [1.54, 1.807) is 17.5 Å². The number of pyridine rings is 1. The third kappa shape index (κ3) is 4.85. The van der Waals surface area contributed by atoms with Crippen molar-refractivity contribution in [3.05, 3.63) is 53.5 Å². The van der Waals surface area contributed by atoms with Crippen molar-refractivity contribution in [2.75, 3.05) is 13.1 Å². The van der Waals surface area contributed by atoms with Crippen molar-refractivity contribution >= 4 is 32.9 Å². The van der Waals surface area contributed by atoms with Gasteiger partial charge >= 0.3 is 0 Å². The Kier molecular flexibility index (Phi) is 6.18. The predicted octanol–water partition coefficient (Wildman–Crippen LogP) is 3.97. The Morgan fingerprint density at radius 2 is 2.14 bits per heavy atom. The molecule has 1 fully saturated rings. The second kappa shape index (κ2) is 8.80. The van der Waals surface area contributed by atoms with Crippen molar-refractivity contribution < 1.29 is 9.29 Å². The lowest BCUT2D eigenvalue weighted by molar-refractivity contribution is 0.242. The van der Waals surface area contributed by atoms with E-state index in [0.717, 1.165) is 46.9 Å². The van der Waals surface area contributed by atoms with Crippen LogP contribution < -0.4 is 9.46 Å². The molecule has 0 saturated carbocycles. The van der Waals surface area contributed by atoms with Gasteiger partial charge in [0.25, 0.3) is 0 Å². The lowest BCUT2D eigenvalue weighted by atomic mass is 10.2. The average Bonchev–Trinajstić information content (AvgIpc) is 3.31. The van der Waals surface area contributed by atoms with Crippen LogP contribution in [0.3, 0.4) is 0 Å². The summed E-state index contributed by atoms with van der Waals surface area (Å²) in [5.74, 6) is 0.909. The summed E-state index contributed by atoms with van der Waals surface area (Å²) in [6.45, 7) is 6.86. The molecule has 0 amide bonds. The predicted molar refractivity (Wildman–Crippen MR) is 115 cm³/mol. The normalized spacial score (nSPS) is 18.8. The van der Waals surface area contributed by atoms with Crippen LogP contribution in [0.5, 0.6) is 5.75 Å². The molecule has 148 valence electrons. The molecule has 0 radical (unpaired) electrons. The summed E-state index contributed by atoms with van der Waals surface area (Å²) in [6, 6.07) is 12.5. The summed E-state index contributed by atoms with van der Waals surface area (Å²) in [5.41, 5.74) is 2.23. The molecule has 0 unspecified atom stereocenters. The summed E-state index contributed by atoms with van der Waals surface area (Å²) in [6.07, 6.45) is 2.90. The fourth-order valence-corrected chi connectivity index (χ4v) is 5.28. The molecule has 0 aliphatic carbocycles. The molecule has 2 aromatic heterocycles. The first-order valence-corrected chi connectivity index (χ1v) is 11.6. The van der Waals surface area contributed by atoms with E-state index in [-0.39, 0.29) is 12.1 Å². The Bertz CT molecular complexity index is 913. The van der Waals surface area contributed by atoms with Crippen molar-refractivity contribution in [1.29, 1.82) is 0 Å². The van der Waals surface area contributed by atoms with E-state index in [1.807, 2.05) is 43.5 Å². The van der Waals surface area contributed by atoms with Gasteiger partial charge < -0.3 is 9.29 Å². The van der Waals surface area contributed by atoms with E-state index >= 15 is 0 Å². The van der Waals surface area contributed by atoms with E-state index in [9.17, 15) is 4.55 Å². The molecule has 2 atom stereocenters. The first kappa shape index (κ1) is 19.7. The van der Waals surface area contributed by atoms with Crippen molar-refractivity contribution in [3.63, 3.8) is 0 Å². The van der Waals surface area contributed by atoms with Crippen molar-refractivity contribution in [2.24, 2.45) is 0 Å². The number of nitrogens with zero attached hydrogens (tertiary/aromatic N) is 2. The number of rotatable bonds is 7. The lowest BCUT2D eigenvalue weighted by Crippen LogP contribution is -2.37. The minimum atomic E-state index is -1.23. The molecule has 7 heteroatoms. The van der Waals surface area contributed by atoms with Crippen LogP contribution in [-0.4, -0.2) is 39.7 Å². The highest BCUT2D eigenvalue weighted by Crippen LogP contribution is 2.23. The highest BCUT2D eigenvalue weighted by molar-refractivity contribution is 7.89. The Labute approximate surface area is 173 Å². The van der Waals surface area contributed by atoms with Gasteiger partial charge in [-0.25, -0.2) is 0 Å². The average molecular weight is 416 g/mol. The fourth-order valence-electron chi connectivity index (χ4n) is 3.43. The summed E-state index contributed by atoms with van der Waals surface area (Å²) in [7, 11) is 0. The zero-order chi connectivity index (χ0) is 19.5. The number of aromatic nitrogens is 1. The Balaban J connectivity index is 1.30. The maximum absolute atomic E-state index is 12.7. The zero-order valence-corrected chi connectivity index (χ0v) is 17.8. The van der Waals surface area contributed by atoms with Gasteiger partial charge in [-0.05, 0) is 49.4 Å². The monoisotopic (exact) mass is 415 g/mol. The number of fused-ring (bicyclic) bond motifs is 1. The number of hydrogen-bond donors (Lipinski definition) is 1. The van der Waals surface area contributed by atoms with Gasteiger partial charge in [0.15, 0.2) is 4.90 Å². The third-order valence-electron chi connectivity index (χ3n) is 4.74. The molecule has 1 aliphatic rings. The smallest absolute Gasteiger partial charge is 0.193 e. The van der Waals surface area contributed by atoms with Crippen LogP contribution in [0.25, 0.3) is 10.2 Å². The molecule has 1 N–H and O–H groups in total. The first-order chi connectivity index (χ1) is 13.6. The molecule has 1 saturated heterocycles. The number of benzene rings is 1. The van der Waals surface area contributed by atoms with Gasteiger partial charge in [-0.3, -0.25) is 9.88 Å². The van der Waals surface area contributed by atoms with Crippen molar-refractivity contribution in [3.8, 4) is 5.75 Å².